The maximum atomic E-state index is 11.3. The Kier molecular flexibility index (Phi) is 3.34. The Bertz CT molecular complexity index is 600. The first-order valence-corrected chi connectivity index (χ1v) is 5.52. The monoisotopic (exact) mass is 262 g/mol. The highest BCUT2D eigenvalue weighted by Crippen LogP contribution is 2.26. The van der Waals surface area contributed by atoms with Crippen molar-refractivity contribution >= 4 is 34.7 Å². The van der Waals surface area contributed by atoms with Crippen LogP contribution in [0.25, 0.3) is 0 Å². The Balaban J connectivity index is 2.41. The average molecular weight is 263 g/mol. The van der Waals surface area contributed by atoms with Crippen LogP contribution >= 0.6 is 11.6 Å². The summed E-state index contributed by atoms with van der Waals surface area (Å²) in [6, 6.07) is 8.58. The van der Waals surface area contributed by atoms with Crippen LogP contribution in [0.4, 0.5) is 17.2 Å². The van der Waals surface area contributed by atoms with Gasteiger partial charge in [0.1, 0.15) is 5.82 Å². The van der Waals surface area contributed by atoms with Crippen molar-refractivity contribution in [3.8, 4) is 0 Å². The van der Waals surface area contributed by atoms with Crippen molar-refractivity contribution in [3.63, 3.8) is 0 Å². The van der Waals surface area contributed by atoms with E-state index in [9.17, 15) is 4.79 Å². The molecule has 0 spiro atoms. The number of nitrogens with one attached hydrogen (secondary N) is 1. The Morgan fingerprint density at radius 1 is 1.33 bits per heavy atom. The van der Waals surface area contributed by atoms with Gasteiger partial charge in [-0.2, -0.15) is 0 Å². The molecule has 18 heavy (non-hydrogen) atoms. The number of para-hydroxylation sites is 1. The van der Waals surface area contributed by atoms with Gasteiger partial charge >= 0.3 is 0 Å². The topological polar surface area (TPSA) is 94.0 Å². The van der Waals surface area contributed by atoms with Gasteiger partial charge in [0.15, 0.2) is 0 Å². The van der Waals surface area contributed by atoms with Gasteiger partial charge in [-0.15, -0.1) is 0 Å². The fourth-order valence-electron chi connectivity index (χ4n) is 1.46. The van der Waals surface area contributed by atoms with Crippen molar-refractivity contribution in [3.05, 3.63) is 47.1 Å². The molecule has 0 aliphatic carbocycles. The van der Waals surface area contributed by atoms with Crippen molar-refractivity contribution < 1.29 is 4.79 Å². The number of halogens is 1. The minimum atomic E-state index is -0.607. The van der Waals surface area contributed by atoms with Gasteiger partial charge in [0, 0.05) is 0 Å². The Morgan fingerprint density at radius 3 is 2.72 bits per heavy atom. The molecular formula is C12H11ClN4O. The van der Waals surface area contributed by atoms with E-state index in [1.807, 2.05) is 6.07 Å². The summed E-state index contributed by atoms with van der Waals surface area (Å²) in [6.45, 7) is 0. The average Bonchev–Trinajstić information content (AvgIpc) is 2.34. The van der Waals surface area contributed by atoms with Gasteiger partial charge in [0.05, 0.1) is 28.2 Å². The largest absolute Gasteiger partial charge is 0.397 e. The number of rotatable bonds is 3. The van der Waals surface area contributed by atoms with Crippen molar-refractivity contribution in [1.29, 1.82) is 0 Å². The summed E-state index contributed by atoms with van der Waals surface area (Å²) >= 11 is 6.01. The molecule has 92 valence electrons. The molecule has 1 amide bonds. The van der Waals surface area contributed by atoms with E-state index < -0.39 is 5.91 Å². The number of nitrogens with two attached hydrogens (primary N) is 2. The zero-order chi connectivity index (χ0) is 13.1. The lowest BCUT2D eigenvalue weighted by atomic mass is 10.2. The van der Waals surface area contributed by atoms with Gasteiger partial charge in [-0.1, -0.05) is 23.7 Å². The first kappa shape index (κ1) is 12.2. The summed E-state index contributed by atoms with van der Waals surface area (Å²) in [4.78, 5) is 15.3. The van der Waals surface area contributed by atoms with Gasteiger partial charge in [-0.25, -0.2) is 4.98 Å². The molecule has 0 bridgehead atoms. The molecule has 1 aromatic carbocycles. The first-order valence-electron chi connectivity index (χ1n) is 5.15. The molecule has 1 aromatic heterocycles. The minimum Gasteiger partial charge on any atom is -0.397 e. The molecule has 0 saturated carbocycles. The van der Waals surface area contributed by atoms with E-state index in [2.05, 4.69) is 10.3 Å². The predicted octanol–water partition coefficient (Wildman–Crippen LogP) is 2.16. The summed E-state index contributed by atoms with van der Waals surface area (Å²) in [7, 11) is 0. The second kappa shape index (κ2) is 4.93. The number of hydrogen-bond donors (Lipinski definition) is 3. The summed E-state index contributed by atoms with van der Waals surface area (Å²) in [5.41, 5.74) is 12.1. The maximum absolute atomic E-state index is 11.3. The van der Waals surface area contributed by atoms with Gasteiger partial charge in [0.2, 0.25) is 0 Å². The molecule has 2 aromatic rings. The third-order valence-electron chi connectivity index (χ3n) is 2.30. The fourth-order valence-corrected chi connectivity index (χ4v) is 1.64. The maximum Gasteiger partial charge on any atom is 0.252 e. The zero-order valence-electron chi connectivity index (χ0n) is 9.35. The molecule has 0 saturated heterocycles. The van der Waals surface area contributed by atoms with E-state index in [0.29, 0.717) is 22.2 Å². The standard InChI is InChI=1S/C12H11ClN4O/c13-9-3-1-2-4-10(9)17-12-8(11(15)18)5-7(14)6-16-12/h1-6H,14H2,(H2,15,18)(H,16,17). The number of aromatic nitrogens is 1. The number of anilines is 3. The van der Waals surface area contributed by atoms with Crippen LogP contribution in [-0.2, 0) is 0 Å². The Hall–Kier alpha value is -2.27. The summed E-state index contributed by atoms with van der Waals surface area (Å²) in [6.07, 6.45) is 1.44. The normalized spacial score (nSPS) is 10.1. The van der Waals surface area contributed by atoms with Gasteiger partial charge in [-0.05, 0) is 18.2 Å². The molecule has 0 aliphatic heterocycles. The van der Waals surface area contributed by atoms with Crippen molar-refractivity contribution in [2.45, 2.75) is 0 Å². The van der Waals surface area contributed by atoms with Crippen molar-refractivity contribution in [1.82, 2.24) is 4.98 Å². The lowest BCUT2D eigenvalue weighted by Gasteiger charge is -2.10. The van der Waals surface area contributed by atoms with Crippen LogP contribution in [0.5, 0.6) is 0 Å². The van der Waals surface area contributed by atoms with Crippen molar-refractivity contribution in [2.75, 3.05) is 11.1 Å². The lowest BCUT2D eigenvalue weighted by molar-refractivity contribution is 0.100. The molecule has 2 rings (SSSR count). The van der Waals surface area contributed by atoms with Gasteiger partial charge < -0.3 is 16.8 Å². The zero-order valence-corrected chi connectivity index (χ0v) is 10.1. The number of nitrogens with zero attached hydrogens (tertiary/aromatic N) is 1. The van der Waals surface area contributed by atoms with Gasteiger partial charge in [0.25, 0.3) is 5.91 Å². The van der Waals surface area contributed by atoms with Crippen LogP contribution in [0.2, 0.25) is 5.02 Å². The summed E-state index contributed by atoms with van der Waals surface area (Å²) in [5.74, 6) is -0.283. The number of carbonyl (C=O) groups excluding carboxylic acids is 1. The number of hydrogen-bond acceptors (Lipinski definition) is 4. The fraction of sp³-hybridized carbons (Fsp3) is 0. The van der Waals surface area contributed by atoms with Gasteiger partial charge in [-0.3, -0.25) is 4.79 Å². The quantitative estimate of drug-likeness (QED) is 0.790. The smallest absolute Gasteiger partial charge is 0.252 e. The predicted molar refractivity (Wildman–Crippen MR) is 71.9 cm³/mol. The van der Waals surface area contributed by atoms with E-state index in [1.54, 1.807) is 18.2 Å². The molecule has 5 nitrogen and oxygen atoms in total. The highest BCUT2D eigenvalue weighted by Gasteiger charge is 2.11. The molecule has 0 radical (unpaired) electrons. The van der Waals surface area contributed by atoms with Crippen LogP contribution in [0.1, 0.15) is 10.4 Å². The number of carbonyl (C=O) groups is 1. The highest BCUT2D eigenvalue weighted by atomic mass is 35.5. The molecule has 1 heterocycles. The van der Waals surface area contributed by atoms with Crippen LogP contribution in [0, 0.1) is 0 Å². The molecular weight excluding hydrogens is 252 g/mol. The molecule has 0 unspecified atom stereocenters. The molecule has 5 N–H and O–H groups in total. The summed E-state index contributed by atoms with van der Waals surface area (Å²) < 4.78 is 0. The second-order valence-electron chi connectivity index (χ2n) is 3.63. The minimum absolute atomic E-state index is 0.218. The van der Waals surface area contributed by atoms with E-state index in [-0.39, 0.29) is 5.56 Å². The lowest BCUT2D eigenvalue weighted by Crippen LogP contribution is -2.14. The van der Waals surface area contributed by atoms with E-state index in [0.717, 1.165) is 0 Å². The first-order chi connectivity index (χ1) is 8.58. The second-order valence-corrected chi connectivity index (χ2v) is 4.04. The number of primary amides is 1. The third-order valence-corrected chi connectivity index (χ3v) is 2.63. The van der Waals surface area contributed by atoms with Crippen LogP contribution in [-0.4, -0.2) is 10.9 Å². The Morgan fingerprint density at radius 2 is 2.06 bits per heavy atom. The highest BCUT2D eigenvalue weighted by molar-refractivity contribution is 6.33. The molecule has 0 aliphatic rings. The number of pyridine rings is 1. The molecule has 6 heteroatoms. The van der Waals surface area contributed by atoms with Crippen LogP contribution < -0.4 is 16.8 Å². The molecule has 0 fully saturated rings. The van der Waals surface area contributed by atoms with Crippen LogP contribution in [0.3, 0.4) is 0 Å². The SMILES string of the molecule is NC(=O)c1cc(N)cnc1Nc1ccccc1Cl. The Labute approximate surface area is 109 Å². The number of nitrogen functional groups attached to an aromatic ring is 1. The van der Waals surface area contributed by atoms with E-state index in [4.69, 9.17) is 23.1 Å². The van der Waals surface area contributed by atoms with Crippen LogP contribution in [0.15, 0.2) is 36.5 Å². The third kappa shape index (κ3) is 2.52. The number of amides is 1. The molecule has 0 atom stereocenters. The number of benzene rings is 1. The van der Waals surface area contributed by atoms with Crippen molar-refractivity contribution in [2.24, 2.45) is 5.73 Å². The summed E-state index contributed by atoms with van der Waals surface area (Å²) in [5, 5.41) is 3.47. The van der Waals surface area contributed by atoms with E-state index in [1.165, 1.54) is 12.3 Å². The van der Waals surface area contributed by atoms with E-state index >= 15 is 0 Å².